The second kappa shape index (κ2) is 9.20. The van der Waals surface area contributed by atoms with Crippen LogP contribution in [0.2, 0.25) is 4.34 Å². The lowest BCUT2D eigenvalue weighted by Gasteiger charge is -2.31. The van der Waals surface area contributed by atoms with E-state index >= 15 is 0 Å². The topological polar surface area (TPSA) is 58.9 Å². The fourth-order valence-corrected chi connectivity index (χ4v) is 4.48. The number of benzene rings is 1. The van der Waals surface area contributed by atoms with Gasteiger partial charge in [0.2, 0.25) is 0 Å². The average Bonchev–Trinajstić information content (AvgIpc) is 3.01. The first-order valence-corrected chi connectivity index (χ1v) is 10.2. The zero-order valence-electron chi connectivity index (χ0n) is 14.9. The van der Waals surface area contributed by atoms with Gasteiger partial charge in [0.15, 0.2) is 0 Å². The van der Waals surface area contributed by atoms with E-state index < -0.39 is 6.10 Å². The molecule has 4 nitrogen and oxygen atoms in total. The molecule has 0 amide bonds. The monoisotopic (exact) mass is 396 g/mol. The summed E-state index contributed by atoms with van der Waals surface area (Å²) in [5.41, 5.74) is 2.22. The number of aliphatic hydroxyl groups excluding tert-OH is 2. The predicted molar refractivity (Wildman–Crippen MR) is 104 cm³/mol. The molecular weight excluding hydrogens is 372 g/mol. The third-order valence-electron chi connectivity index (χ3n) is 4.47. The van der Waals surface area contributed by atoms with E-state index in [1.165, 1.54) is 11.3 Å². The Morgan fingerprint density at radius 1 is 1.27 bits per heavy atom. The molecule has 2 aromatic rings. The number of hydrogen-bond acceptors (Lipinski definition) is 5. The molecule has 0 aliphatic carbocycles. The first kappa shape index (κ1) is 19.6. The zero-order valence-corrected chi connectivity index (χ0v) is 16.4. The van der Waals surface area contributed by atoms with E-state index in [2.05, 4.69) is 25.1 Å². The standard InChI is InChI=1S/C20H25ClO4S/c1-2-7-24-16-5-3-13(4-6-16)8-14-9-19(26-20(14)21)18-11-15(23)10-17(12-22)25-18/h3-6,9,15,17-18,22-23H,2,7-8,10-12H2,1H3. The molecule has 2 N–H and O–H groups in total. The van der Waals surface area contributed by atoms with Crippen LogP contribution in [0.1, 0.15) is 48.3 Å². The predicted octanol–water partition coefficient (Wildman–Crippen LogP) is 4.35. The molecule has 1 aromatic carbocycles. The third kappa shape index (κ3) is 4.99. The highest BCUT2D eigenvalue weighted by Crippen LogP contribution is 2.39. The largest absolute Gasteiger partial charge is 0.494 e. The first-order chi connectivity index (χ1) is 12.6. The summed E-state index contributed by atoms with van der Waals surface area (Å²) in [6.07, 6.45) is 1.76. The van der Waals surface area contributed by atoms with E-state index in [1.54, 1.807) is 0 Å². The summed E-state index contributed by atoms with van der Waals surface area (Å²) in [6, 6.07) is 10.1. The van der Waals surface area contributed by atoms with Gasteiger partial charge < -0.3 is 19.7 Å². The smallest absolute Gasteiger partial charge is 0.119 e. The summed E-state index contributed by atoms with van der Waals surface area (Å²) in [5, 5.41) is 19.3. The molecule has 142 valence electrons. The van der Waals surface area contributed by atoms with Gasteiger partial charge in [-0.3, -0.25) is 0 Å². The van der Waals surface area contributed by atoms with Gasteiger partial charge in [0, 0.05) is 17.7 Å². The van der Waals surface area contributed by atoms with Gasteiger partial charge in [0.05, 0.1) is 35.9 Å². The molecule has 1 saturated heterocycles. The second-order valence-electron chi connectivity index (χ2n) is 6.67. The molecule has 1 aliphatic rings. The molecule has 3 unspecified atom stereocenters. The average molecular weight is 397 g/mol. The van der Waals surface area contributed by atoms with Crippen LogP contribution in [-0.2, 0) is 11.2 Å². The fraction of sp³-hybridized carbons (Fsp3) is 0.500. The van der Waals surface area contributed by atoms with Gasteiger partial charge >= 0.3 is 0 Å². The maximum atomic E-state index is 10.0. The lowest BCUT2D eigenvalue weighted by molar-refractivity contribution is -0.112. The molecule has 26 heavy (non-hydrogen) atoms. The molecule has 3 atom stereocenters. The van der Waals surface area contributed by atoms with Crippen molar-refractivity contribution in [3.05, 3.63) is 50.7 Å². The Morgan fingerprint density at radius 2 is 2.04 bits per heavy atom. The van der Waals surface area contributed by atoms with Crippen LogP contribution in [-0.4, -0.2) is 35.6 Å². The Labute approximate surface area is 163 Å². The Balaban J connectivity index is 1.68. The van der Waals surface area contributed by atoms with Crippen molar-refractivity contribution in [2.45, 2.75) is 50.9 Å². The SMILES string of the molecule is CCCOc1ccc(Cc2cc(C3CC(O)CC(CO)O3)sc2Cl)cc1. The van der Waals surface area contributed by atoms with Gasteiger partial charge in [0.1, 0.15) is 5.75 Å². The third-order valence-corrected chi connectivity index (χ3v) is 6.00. The Morgan fingerprint density at radius 3 is 2.73 bits per heavy atom. The molecule has 1 aromatic heterocycles. The van der Waals surface area contributed by atoms with Crippen molar-refractivity contribution < 1.29 is 19.7 Å². The number of halogens is 1. The van der Waals surface area contributed by atoms with Crippen molar-refractivity contribution in [2.75, 3.05) is 13.2 Å². The van der Waals surface area contributed by atoms with Gasteiger partial charge in [-0.05, 0) is 42.2 Å². The van der Waals surface area contributed by atoms with E-state index in [9.17, 15) is 10.2 Å². The van der Waals surface area contributed by atoms with Crippen LogP contribution in [0.25, 0.3) is 0 Å². The summed E-state index contributed by atoms with van der Waals surface area (Å²) in [5.74, 6) is 0.882. The highest BCUT2D eigenvalue weighted by Gasteiger charge is 2.30. The molecule has 1 aliphatic heterocycles. The van der Waals surface area contributed by atoms with E-state index in [1.807, 2.05) is 12.1 Å². The van der Waals surface area contributed by atoms with Crippen molar-refractivity contribution in [3.63, 3.8) is 0 Å². The van der Waals surface area contributed by atoms with Crippen molar-refractivity contribution in [3.8, 4) is 5.75 Å². The molecule has 2 heterocycles. The molecule has 0 bridgehead atoms. The van der Waals surface area contributed by atoms with Crippen LogP contribution < -0.4 is 4.74 Å². The summed E-state index contributed by atoms with van der Waals surface area (Å²) < 4.78 is 12.2. The van der Waals surface area contributed by atoms with Gasteiger partial charge in [-0.25, -0.2) is 0 Å². The van der Waals surface area contributed by atoms with Gasteiger partial charge in [0.25, 0.3) is 0 Å². The second-order valence-corrected chi connectivity index (χ2v) is 8.36. The van der Waals surface area contributed by atoms with Crippen molar-refractivity contribution in [1.82, 2.24) is 0 Å². The maximum absolute atomic E-state index is 10.0. The molecule has 6 heteroatoms. The minimum absolute atomic E-state index is 0.0774. The minimum atomic E-state index is -0.453. The molecule has 1 fully saturated rings. The van der Waals surface area contributed by atoms with Gasteiger partial charge in [-0.15, -0.1) is 11.3 Å². The van der Waals surface area contributed by atoms with Crippen molar-refractivity contribution in [2.24, 2.45) is 0 Å². The van der Waals surface area contributed by atoms with Crippen LogP contribution >= 0.6 is 22.9 Å². The zero-order chi connectivity index (χ0) is 18.5. The van der Waals surface area contributed by atoms with E-state index in [4.69, 9.17) is 21.1 Å². The Kier molecular flexibility index (Phi) is 6.95. The van der Waals surface area contributed by atoms with Crippen molar-refractivity contribution in [1.29, 1.82) is 0 Å². The summed E-state index contributed by atoms with van der Waals surface area (Å²) in [7, 11) is 0. The van der Waals surface area contributed by atoms with Crippen LogP contribution in [0.15, 0.2) is 30.3 Å². The number of hydrogen-bond donors (Lipinski definition) is 2. The summed E-state index contributed by atoms with van der Waals surface area (Å²) >= 11 is 7.94. The highest BCUT2D eigenvalue weighted by atomic mass is 35.5. The number of aliphatic hydroxyl groups is 2. The van der Waals surface area contributed by atoms with Crippen LogP contribution in [0.5, 0.6) is 5.75 Å². The fourth-order valence-electron chi connectivity index (χ4n) is 3.14. The minimum Gasteiger partial charge on any atom is -0.494 e. The van der Waals surface area contributed by atoms with E-state index in [0.29, 0.717) is 12.8 Å². The van der Waals surface area contributed by atoms with Crippen LogP contribution in [0.4, 0.5) is 0 Å². The first-order valence-electron chi connectivity index (χ1n) is 9.03. The Hall–Kier alpha value is -1.11. The quantitative estimate of drug-likeness (QED) is 0.730. The molecule has 3 rings (SSSR count). The van der Waals surface area contributed by atoms with E-state index in [0.717, 1.165) is 45.5 Å². The van der Waals surface area contributed by atoms with Gasteiger partial charge in [-0.2, -0.15) is 0 Å². The lowest BCUT2D eigenvalue weighted by atomic mass is 9.99. The number of rotatable bonds is 7. The number of ether oxygens (including phenoxy) is 2. The van der Waals surface area contributed by atoms with Crippen molar-refractivity contribution >= 4 is 22.9 Å². The lowest BCUT2D eigenvalue weighted by Crippen LogP contribution is -2.33. The summed E-state index contributed by atoms with van der Waals surface area (Å²) in [6.45, 7) is 2.73. The van der Waals surface area contributed by atoms with Gasteiger partial charge in [-0.1, -0.05) is 30.7 Å². The molecular formula is C20H25ClO4S. The number of thiophene rings is 1. The molecule has 0 radical (unpaired) electrons. The summed E-state index contributed by atoms with van der Waals surface area (Å²) in [4.78, 5) is 1.00. The van der Waals surface area contributed by atoms with Crippen LogP contribution in [0.3, 0.4) is 0 Å². The highest BCUT2D eigenvalue weighted by molar-refractivity contribution is 7.16. The van der Waals surface area contributed by atoms with E-state index in [-0.39, 0.29) is 18.8 Å². The molecule has 0 saturated carbocycles. The van der Waals surface area contributed by atoms with Crippen LogP contribution in [0, 0.1) is 0 Å². The maximum Gasteiger partial charge on any atom is 0.119 e. The normalized spacial score (nSPS) is 23.2. The molecule has 0 spiro atoms. The Bertz CT molecular complexity index is 700.